The van der Waals surface area contributed by atoms with Gasteiger partial charge in [-0.1, -0.05) is 18.2 Å². The third kappa shape index (κ3) is 3.89. The van der Waals surface area contributed by atoms with Gasteiger partial charge in [0.2, 0.25) is 5.91 Å². The predicted molar refractivity (Wildman–Crippen MR) is 84.7 cm³/mol. The summed E-state index contributed by atoms with van der Waals surface area (Å²) in [4.78, 5) is 14.4. The zero-order chi connectivity index (χ0) is 16.4. The molecule has 3 rings (SSSR count). The quantitative estimate of drug-likeness (QED) is 0.841. The number of nitriles is 1. The van der Waals surface area contributed by atoms with Gasteiger partial charge in [-0.2, -0.15) is 5.26 Å². The van der Waals surface area contributed by atoms with Gasteiger partial charge in [-0.25, -0.2) is 4.39 Å². The normalized spacial score (nSPS) is 19.9. The summed E-state index contributed by atoms with van der Waals surface area (Å²) >= 11 is 0. The van der Waals surface area contributed by atoms with Crippen LogP contribution in [0, 0.1) is 23.1 Å². The van der Waals surface area contributed by atoms with Crippen LogP contribution in [0.1, 0.15) is 38.2 Å². The smallest absolute Gasteiger partial charge is 0.235 e. The van der Waals surface area contributed by atoms with Crippen LogP contribution in [0.15, 0.2) is 24.3 Å². The van der Waals surface area contributed by atoms with Gasteiger partial charge in [-0.15, -0.1) is 0 Å². The van der Waals surface area contributed by atoms with Gasteiger partial charge in [0.05, 0.1) is 12.6 Å². The Morgan fingerprint density at radius 2 is 2.09 bits per heavy atom. The van der Waals surface area contributed by atoms with Crippen LogP contribution >= 0.6 is 0 Å². The molecule has 2 aliphatic rings. The van der Waals surface area contributed by atoms with Gasteiger partial charge in [0, 0.05) is 18.2 Å². The van der Waals surface area contributed by atoms with E-state index in [9.17, 15) is 14.4 Å². The van der Waals surface area contributed by atoms with Crippen LogP contribution in [0.25, 0.3) is 0 Å². The second-order valence-corrected chi connectivity index (χ2v) is 6.86. The Morgan fingerprint density at radius 1 is 1.39 bits per heavy atom. The Morgan fingerprint density at radius 3 is 2.65 bits per heavy atom. The van der Waals surface area contributed by atoms with Gasteiger partial charge in [-0.3, -0.25) is 9.69 Å². The summed E-state index contributed by atoms with van der Waals surface area (Å²) in [5, 5.41) is 12.2. The first-order valence-electron chi connectivity index (χ1n) is 8.21. The van der Waals surface area contributed by atoms with Crippen LogP contribution in [0.2, 0.25) is 0 Å². The van der Waals surface area contributed by atoms with E-state index in [-0.39, 0.29) is 24.2 Å². The molecule has 0 spiro atoms. The third-order valence-electron chi connectivity index (χ3n) is 4.77. The number of rotatable bonds is 7. The first-order valence-corrected chi connectivity index (χ1v) is 8.21. The Bertz CT molecular complexity index is 633. The van der Waals surface area contributed by atoms with E-state index in [2.05, 4.69) is 11.4 Å². The van der Waals surface area contributed by atoms with Crippen LogP contribution in [0.3, 0.4) is 0 Å². The van der Waals surface area contributed by atoms with Gasteiger partial charge in [0.25, 0.3) is 0 Å². The van der Waals surface area contributed by atoms with Crippen molar-refractivity contribution in [2.24, 2.45) is 5.92 Å². The van der Waals surface area contributed by atoms with Gasteiger partial charge in [0.15, 0.2) is 0 Å². The fourth-order valence-corrected chi connectivity index (χ4v) is 2.99. The molecule has 5 heteroatoms. The second kappa shape index (κ2) is 6.29. The van der Waals surface area contributed by atoms with Crippen molar-refractivity contribution in [1.29, 1.82) is 5.26 Å². The van der Waals surface area contributed by atoms with Crippen molar-refractivity contribution in [2.45, 2.75) is 50.7 Å². The van der Waals surface area contributed by atoms with Gasteiger partial charge in [-0.05, 0) is 44.6 Å². The number of carbonyl (C=O) groups is 1. The minimum Gasteiger partial charge on any atom is -0.337 e. The molecule has 0 bridgehead atoms. The summed E-state index contributed by atoms with van der Waals surface area (Å²) in [6.07, 6.45) is 4.07. The first kappa shape index (κ1) is 15.9. The van der Waals surface area contributed by atoms with Crippen molar-refractivity contribution in [1.82, 2.24) is 10.2 Å². The van der Waals surface area contributed by atoms with E-state index in [1.807, 2.05) is 11.0 Å². The minimum absolute atomic E-state index is 0.149. The van der Waals surface area contributed by atoms with Crippen molar-refractivity contribution >= 4 is 5.91 Å². The lowest BCUT2D eigenvalue weighted by Crippen LogP contribution is -2.50. The highest BCUT2D eigenvalue weighted by Gasteiger charge is 2.43. The minimum atomic E-state index is -0.774. The molecule has 0 saturated heterocycles. The lowest BCUT2D eigenvalue weighted by molar-refractivity contribution is -0.124. The molecular weight excluding hydrogens is 293 g/mol. The number of benzene rings is 1. The van der Waals surface area contributed by atoms with E-state index in [1.54, 1.807) is 19.1 Å². The van der Waals surface area contributed by atoms with E-state index in [4.69, 9.17) is 0 Å². The fourth-order valence-electron chi connectivity index (χ4n) is 2.99. The molecular formula is C18H22FN3O. The lowest BCUT2D eigenvalue weighted by Gasteiger charge is -2.26. The monoisotopic (exact) mass is 315 g/mol. The van der Waals surface area contributed by atoms with Crippen LogP contribution in [0.4, 0.5) is 4.39 Å². The molecule has 1 atom stereocenters. The van der Waals surface area contributed by atoms with Crippen molar-refractivity contribution in [3.63, 3.8) is 0 Å². The maximum absolute atomic E-state index is 13.8. The van der Waals surface area contributed by atoms with Crippen molar-refractivity contribution in [3.05, 3.63) is 35.6 Å². The molecule has 1 aromatic carbocycles. The van der Waals surface area contributed by atoms with Crippen LogP contribution in [-0.4, -0.2) is 28.9 Å². The Labute approximate surface area is 136 Å². The molecule has 0 aliphatic heterocycles. The largest absolute Gasteiger partial charge is 0.337 e. The average molecular weight is 315 g/mol. The lowest BCUT2D eigenvalue weighted by atomic mass is 9.98. The Hall–Kier alpha value is -1.93. The summed E-state index contributed by atoms with van der Waals surface area (Å²) in [6, 6.07) is 9.26. The van der Waals surface area contributed by atoms with Crippen molar-refractivity contribution in [3.8, 4) is 6.07 Å². The second-order valence-electron chi connectivity index (χ2n) is 6.86. The molecule has 1 aromatic rings. The molecule has 1 amide bonds. The summed E-state index contributed by atoms with van der Waals surface area (Å²) in [5.41, 5.74) is -0.165. The van der Waals surface area contributed by atoms with E-state index in [1.165, 1.54) is 6.07 Å². The maximum atomic E-state index is 13.8. The number of nitrogens with zero attached hydrogens (tertiary/aromatic N) is 2. The summed E-state index contributed by atoms with van der Waals surface area (Å²) in [6.45, 7) is 2.43. The highest BCUT2D eigenvalue weighted by Crippen LogP contribution is 2.39. The SMILES string of the molecule is CC(C#N)(NC(=O)CN(Cc1ccccc1F)C1CC1)C1CC1. The molecule has 0 aromatic heterocycles. The van der Waals surface area contributed by atoms with Crippen molar-refractivity contribution in [2.75, 3.05) is 6.54 Å². The van der Waals surface area contributed by atoms with E-state index < -0.39 is 5.54 Å². The third-order valence-corrected chi connectivity index (χ3v) is 4.77. The van der Waals surface area contributed by atoms with Gasteiger partial charge < -0.3 is 5.32 Å². The van der Waals surface area contributed by atoms with Gasteiger partial charge >= 0.3 is 0 Å². The molecule has 2 saturated carbocycles. The zero-order valence-electron chi connectivity index (χ0n) is 13.4. The van der Waals surface area contributed by atoms with E-state index in [0.717, 1.165) is 25.7 Å². The van der Waals surface area contributed by atoms with Crippen LogP contribution in [0.5, 0.6) is 0 Å². The molecule has 1 unspecified atom stereocenters. The van der Waals surface area contributed by atoms with Crippen LogP contribution in [-0.2, 0) is 11.3 Å². The zero-order valence-corrected chi connectivity index (χ0v) is 13.4. The van der Waals surface area contributed by atoms with E-state index >= 15 is 0 Å². The molecule has 1 N–H and O–H groups in total. The molecule has 23 heavy (non-hydrogen) atoms. The maximum Gasteiger partial charge on any atom is 0.235 e. The molecule has 0 heterocycles. The number of carbonyl (C=O) groups excluding carboxylic acids is 1. The Kier molecular flexibility index (Phi) is 4.36. The molecule has 0 radical (unpaired) electrons. The van der Waals surface area contributed by atoms with Gasteiger partial charge in [0.1, 0.15) is 11.4 Å². The average Bonchev–Trinajstić information content (AvgIpc) is 3.41. The number of nitrogens with one attached hydrogen (secondary N) is 1. The topological polar surface area (TPSA) is 56.1 Å². The predicted octanol–water partition coefficient (Wildman–Crippen LogP) is 2.60. The summed E-state index contributed by atoms with van der Waals surface area (Å²) < 4.78 is 13.8. The Balaban J connectivity index is 1.62. The number of amides is 1. The molecule has 2 aliphatic carbocycles. The highest BCUT2D eigenvalue weighted by molar-refractivity contribution is 5.79. The van der Waals surface area contributed by atoms with E-state index in [0.29, 0.717) is 18.2 Å². The molecule has 2 fully saturated rings. The fraction of sp³-hybridized carbons (Fsp3) is 0.556. The first-order chi connectivity index (χ1) is 11.0. The number of halogens is 1. The van der Waals surface area contributed by atoms with Crippen molar-refractivity contribution < 1.29 is 9.18 Å². The number of hydrogen-bond donors (Lipinski definition) is 1. The summed E-state index contributed by atoms with van der Waals surface area (Å²) in [5.74, 6) is -0.125. The van der Waals surface area contributed by atoms with Crippen LogP contribution < -0.4 is 5.32 Å². The molecule has 4 nitrogen and oxygen atoms in total. The molecule has 122 valence electrons. The standard InChI is InChI=1S/C18H22FN3O/c1-18(12-20,14-6-7-14)21-17(23)11-22(15-8-9-15)10-13-4-2-3-5-16(13)19/h2-5,14-15H,6-11H2,1H3,(H,21,23). The number of hydrogen-bond acceptors (Lipinski definition) is 3. The highest BCUT2D eigenvalue weighted by atomic mass is 19.1. The summed E-state index contributed by atoms with van der Waals surface area (Å²) in [7, 11) is 0.